The number of rotatable bonds is 6. The van der Waals surface area contributed by atoms with Gasteiger partial charge in [0.25, 0.3) is 0 Å². The fourth-order valence-electron chi connectivity index (χ4n) is 3.28. The number of hydrazine groups is 1. The van der Waals surface area contributed by atoms with E-state index in [0.717, 1.165) is 18.7 Å². The summed E-state index contributed by atoms with van der Waals surface area (Å²) in [5, 5.41) is 4.59. The first-order valence-electron chi connectivity index (χ1n) is 8.48. The molecular formula is C18H26FN5. The summed E-state index contributed by atoms with van der Waals surface area (Å²) in [6, 6.07) is 4.87. The van der Waals surface area contributed by atoms with E-state index in [0.29, 0.717) is 25.0 Å². The van der Waals surface area contributed by atoms with Crippen LogP contribution in [-0.4, -0.2) is 59.2 Å². The average molecular weight is 331 g/mol. The highest BCUT2D eigenvalue weighted by atomic mass is 19.2. The smallest absolute Gasteiger partial charge is 0.0734 e. The van der Waals surface area contributed by atoms with Crippen LogP contribution in [0.1, 0.15) is 18.2 Å². The van der Waals surface area contributed by atoms with Gasteiger partial charge in [-0.05, 0) is 42.8 Å². The lowest BCUT2D eigenvalue weighted by atomic mass is 9.98. The minimum absolute atomic E-state index is 0.306. The van der Waals surface area contributed by atoms with Crippen molar-refractivity contribution in [3.05, 3.63) is 53.6 Å². The van der Waals surface area contributed by atoms with E-state index in [1.165, 1.54) is 11.1 Å². The van der Waals surface area contributed by atoms with Crippen LogP contribution < -0.4 is 5.54 Å². The molecule has 2 unspecified atom stereocenters. The number of halogens is 1. The Labute approximate surface area is 143 Å². The van der Waals surface area contributed by atoms with Crippen LogP contribution in [0.5, 0.6) is 0 Å². The molecular weight excluding hydrogens is 305 g/mol. The Bertz CT molecular complexity index is 612. The van der Waals surface area contributed by atoms with Crippen LogP contribution in [0.25, 0.3) is 0 Å². The molecule has 2 aliphatic rings. The van der Waals surface area contributed by atoms with E-state index in [2.05, 4.69) is 65.5 Å². The van der Waals surface area contributed by atoms with Crippen molar-refractivity contribution in [2.75, 3.05) is 27.2 Å². The zero-order valence-corrected chi connectivity index (χ0v) is 14.6. The number of pyridine rings is 1. The van der Waals surface area contributed by atoms with Gasteiger partial charge in [-0.2, -0.15) is 5.54 Å². The van der Waals surface area contributed by atoms with Gasteiger partial charge in [-0.1, -0.05) is 6.07 Å². The fraction of sp³-hybridized carbons (Fsp3) is 0.500. The fourth-order valence-corrected chi connectivity index (χ4v) is 3.28. The second-order valence-electron chi connectivity index (χ2n) is 6.54. The molecule has 1 aromatic rings. The number of hydrogen-bond acceptors (Lipinski definition) is 5. The van der Waals surface area contributed by atoms with E-state index >= 15 is 0 Å². The minimum atomic E-state index is 0.306. The van der Waals surface area contributed by atoms with Gasteiger partial charge >= 0.3 is 0 Å². The van der Waals surface area contributed by atoms with Crippen LogP contribution in [0.15, 0.2) is 42.4 Å². The maximum absolute atomic E-state index is 12.0. The summed E-state index contributed by atoms with van der Waals surface area (Å²) in [5.41, 5.74) is 5.22. The molecule has 0 saturated heterocycles. The van der Waals surface area contributed by atoms with Gasteiger partial charge in [-0.3, -0.25) is 4.98 Å². The number of nitrogens with one attached hydrogen (secondary N) is 1. The Morgan fingerprint density at radius 3 is 2.79 bits per heavy atom. The topological polar surface area (TPSA) is 34.6 Å². The molecule has 5 nitrogen and oxygen atoms in total. The number of likely N-dealkylation sites (N-methyl/N-ethyl adjacent to an activating group) is 2. The van der Waals surface area contributed by atoms with Crippen LogP contribution in [0, 0.1) is 0 Å². The lowest BCUT2D eigenvalue weighted by molar-refractivity contribution is 0.0582. The molecule has 2 atom stereocenters. The summed E-state index contributed by atoms with van der Waals surface area (Å²) >= 11 is 0. The third-order valence-electron chi connectivity index (χ3n) is 5.04. The SMILES string of the molecule is CC1C2=CN(CCc3ccc(CCNF)nc3)N(C)C2C=CN1C. The summed E-state index contributed by atoms with van der Waals surface area (Å²) in [6.07, 6.45) is 10.1. The minimum Gasteiger partial charge on any atom is -0.374 e. The molecule has 130 valence electrons. The van der Waals surface area contributed by atoms with Gasteiger partial charge in [0.2, 0.25) is 0 Å². The molecule has 24 heavy (non-hydrogen) atoms. The van der Waals surface area contributed by atoms with Gasteiger partial charge < -0.3 is 9.91 Å². The van der Waals surface area contributed by atoms with Crippen molar-refractivity contribution in [1.82, 2.24) is 25.4 Å². The Morgan fingerprint density at radius 2 is 2.08 bits per heavy atom. The van der Waals surface area contributed by atoms with Crippen LogP contribution in [0.2, 0.25) is 0 Å². The lowest BCUT2D eigenvalue weighted by Crippen LogP contribution is -2.42. The molecule has 6 heteroatoms. The zero-order chi connectivity index (χ0) is 17.1. The van der Waals surface area contributed by atoms with E-state index < -0.39 is 0 Å². The second-order valence-corrected chi connectivity index (χ2v) is 6.54. The molecule has 0 fully saturated rings. The van der Waals surface area contributed by atoms with Gasteiger partial charge in [0.05, 0.1) is 12.1 Å². The summed E-state index contributed by atoms with van der Waals surface area (Å²) in [7, 11) is 4.26. The van der Waals surface area contributed by atoms with Crippen LogP contribution >= 0.6 is 0 Å². The van der Waals surface area contributed by atoms with E-state index in [-0.39, 0.29) is 0 Å². The summed E-state index contributed by atoms with van der Waals surface area (Å²) in [5.74, 6) is 0. The molecule has 0 aliphatic carbocycles. The van der Waals surface area contributed by atoms with Crippen molar-refractivity contribution in [3.63, 3.8) is 0 Å². The van der Waals surface area contributed by atoms with Crippen molar-refractivity contribution in [3.8, 4) is 0 Å². The summed E-state index contributed by atoms with van der Waals surface area (Å²) < 4.78 is 12.0. The van der Waals surface area contributed by atoms with E-state index in [9.17, 15) is 4.48 Å². The predicted octanol–water partition coefficient (Wildman–Crippen LogP) is 1.90. The lowest BCUT2D eigenvalue weighted by Gasteiger charge is -2.35. The number of hydrogen-bond donors (Lipinski definition) is 1. The molecule has 0 aromatic carbocycles. The Kier molecular flexibility index (Phi) is 5.16. The third-order valence-corrected chi connectivity index (χ3v) is 5.04. The quantitative estimate of drug-likeness (QED) is 0.806. The molecule has 1 N–H and O–H groups in total. The standard InChI is InChI=1S/C18H26FN5/c1-14-17-13-24(23(3)18(17)8-10-22(14)2)11-7-15-4-5-16(20-12-15)6-9-21-19/h4-5,8,10,12-14,18,21H,6-7,9,11H2,1-3H3. The summed E-state index contributed by atoms with van der Waals surface area (Å²) in [6.45, 7) is 3.47. The monoisotopic (exact) mass is 331 g/mol. The predicted molar refractivity (Wildman–Crippen MR) is 93.5 cm³/mol. The average Bonchev–Trinajstić information content (AvgIpc) is 2.92. The van der Waals surface area contributed by atoms with Gasteiger partial charge in [0.15, 0.2) is 0 Å². The van der Waals surface area contributed by atoms with Crippen molar-refractivity contribution in [2.24, 2.45) is 0 Å². The number of fused-ring (bicyclic) bond motifs is 1. The molecule has 3 rings (SSSR count). The van der Waals surface area contributed by atoms with Crippen LogP contribution in [0.4, 0.5) is 4.48 Å². The van der Waals surface area contributed by atoms with Crippen molar-refractivity contribution in [2.45, 2.75) is 31.8 Å². The molecule has 2 aliphatic heterocycles. The van der Waals surface area contributed by atoms with Gasteiger partial charge in [0.1, 0.15) is 0 Å². The molecule has 1 aromatic heterocycles. The second kappa shape index (κ2) is 7.32. The highest BCUT2D eigenvalue weighted by molar-refractivity contribution is 5.30. The first kappa shape index (κ1) is 16.9. The van der Waals surface area contributed by atoms with Crippen molar-refractivity contribution >= 4 is 0 Å². The Balaban J connectivity index is 1.59. The van der Waals surface area contributed by atoms with Gasteiger partial charge in [-0.15, -0.1) is 4.48 Å². The van der Waals surface area contributed by atoms with E-state index in [1.807, 2.05) is 12.3 Å². The highest BCUT2D eigenvalue weighted by Crippen LogP contribution is 2.30. The molecule has 0 bridgehead atoms. The largest absolute Gasteiger partial charge is 0.374 e. The van der Waals surface area contributed by atoms with Crippen LogP contribution in [-0.2, 0) is 12.8 Å². The maximum atomic E-state index is 12.0. The van der Waals surface area contributed by atoms with E-state index in [1.54, 1.807) is 5.54 Å². The van der Waals surface area contributed by atoms with E-state index in [4.69, 9.17) is 0 Å². The van der Waals surface area contributed by atoms with Crippen molar-refractivity contribution < 1.29 is 4.48 Å². The summed E-state index contributed by atoms with van der Waals surface area (Å²) in [4.78, 5) is 6.65. The molecule has 0 radical (unpaired) electrons. The first-order valence-corrected chi connectivity index (χ1v) is 8.48. The maximum Gasteiger partial charge on any atom is 0.0734 e. The van der Waals surface area contributed by atoms with Crippen molar-refractivity contribution in [1.29, 1.82) is 0 Å². The number of nitrogens with zero attached hydrogens (tertiary/aromatic N) is 4. The Hall–Kier alpha value is -1.92. The zero-order valence-electron chi connectivity index (χ0n) is 14.6. The highest BCUT2D eigenvalue weighted by Gasteiger charge is 2.34. The third kappa shape index (κ3) is 3.44. The molecule has 0 amide bonds. The first-order chi connectivity index (χ1) is 11.6. The van der Waals surface area contributed by atoms with Crippen LogP contribution in [0.3, 0.4) is 0 Å². The normalized spacial score (nSPS) is 23.6. The van der Waals surface area contributed by atoms with Gasteiger partial charge in [0, 0.05) is 51.7 Å². The van der Waals surface area contributed by atoms with Gasteiger partial charge in [-0.25, -0.2) is 5.01 Å². The molecule has 0 saturated carbocycles. The number of aromatic nitrogens is 1. The molecule has 0 spiro atoms. The Morgan fingerprint density at radius 1 is 1.25 bits per heavy atom. The molecule has 3 heterocycles.